The number of amides is 1. The lowest BCUT2D eigenvalue weighted by molar-refractivity contribution is -0.122. The number of aromatic amines is 1. The molecular formula is C26H24N8O. The van der Waals surface area contributed by atoms with Crippen molar-refractivity contribution in [2.24, 2.45) is 11.7 Å². The second-order valence-corrected chi connectivity index (χ2v) is 8.74. The number of benzene rings is 2. The number of carbonyl (C=O) groups excluding carboxylic acids is 1. The Hall–Kier alpha value is -4.53. The van der Waals surface area contributed by atoms with Crippen molar-refractivity contribution in [3.05, 3.63) is 67.1 Å². The summed E-state index contributed by atoms with van der Waals surface area (Å²) in [6.45, 7) is 1.31. The largest absolute Gasteiger partial charge is 0.369 e. The molecule has 1 aliphatic rings. The van der Waals surface area contributed by atoms with E-state index in [0.29, 0.717) is 29.5 Å². The van der Waals surface area contributed by atoms with Gasteiger partial charge >= 0.3 is 0 Å². The minimum Gasteiger partial charge on any atom is -0.369 e. The van der Waals surface area contributed by atoms with Crippen LogP contribution in [0, 0.1) is 5.92 Å². The van der Waals surface area contributed by atoms with Crippen molar-refractivity contribution >= 4 is 45.4 Å². The zero-order valence-corrected chi connectivity index (χ0v) is 19.0. The molecule has 6 rings (SSSR count). The Balaban J connectivity index is 1.38. The molecule has 4 N–H and O–H groups in total. The van der Waals surface area contributed by atoms with Crippen molar-refractivity contribution in [2.75, 3.05) is 23.3 Å². The molecule has 4 heterocycles. The summed E-state index contributed by atoms with van der Waals surface area (Å²) in [6, 6.07) is 18.3. The molecular weight excluding hydrogens is 440 g/mol. The van der Waals surface area contributed by atoms with Gasteiger partial charge in [0.2, 0.25) is 11.9 Å². The van der Waals surface area contributed by atoms with E-state index >= 15 is 0 Å². The summed E-state index contributed by atoms with van der Waals surface area (Å²) in [5, 5.41) is 4.39. The van der Waals surface area contributed by atoms with Crippen LogP contribution in [0.3, 0.4) is 0 Å². The minimum absolute atomic E-state index is 0.200. The molecule has 35 heavy (non-hydrogen) atoms. The number of hydrogen-bond donors (Lipinski definition) is 3. The average molecular weight is 465 g/mol. The number of anilines is 3. The number of fused-ring (bicyclic) bond motifs is 2. The molecule has 1 aliphatic heterocycles. The van der Waals surface area contributed by atoms with E-state index in [0.717, 1.165) is 47.1 Å². The molecule has 0 aliphatic carbocycles. The van der Waals surface area contributed by atoms with Crippen molar-refractivity contribution in [3.8, 4) is 11.1 Å². The van der Waals surface area contributed by atoms with Gasteiger partial charge in [0.1, 0.15) is 0 Å². The standard InChI is InChI=1S/C26H24N8O/c27-23(35)17-7-4-12-34(14-17)25-22-24(30-15-29-22)32-26(33-25)31-18-8-9-21-20(13-18)19(10-11-28-21)16-5-2-1-3-6-16/h1-3,5-6,8-11,13,15,17H,4,7,12,14H2,(H2,27,35)(H2,29,30,31,32,33). The minimum atomic E-state index is -0.278. The molecule has 0 radical (unpaired) electrons. The number of H-pyrrole nitrogens is 1. The number of piperidine rings is 1. The molecule has 1 atom stereocenters. The summed E-state index contributed by atoms with van der Waals surface area (Å²) >= 11 is 0. The number of pyridine rings is 1. The lowest BCUT2D eigenvalue weighted by atomic mass is 9.97. The maximum Gasteiger partial charge on any atom is 0.231 e. The van der Waals surface area contributed by atoms with Crippen LogP contribution in [0.2, 0.25) is 0 Å². The number of rotatable bonds is 5. The van der Waals surface area contributed by atoms with Gasteiger partial charge in [-0.3, -0.25) is 9.78 Å². The summed E-state index contributed by atoms with van der Waals surface area (Å²) in [4.78, 5) is 35.4. The smallest absolute Gasteiger partial charge is 0.231 e. The molecule has 5 aromatic rings. The number of nitrogens with one attached hydrogen (secondary N) is 2. The molecule has 1 amide bonds. The first-order valence-electron chi connectivity index (χ1n) is 11.6. The molecule has 0 saturated carbocycles. The third kappa shape index (κ3) is 4.01. The highest BCUT2D eigenvalue weighted by Gasteiger charge is 2.27. The molecule has 9 nitrogen and oxygen atoms in total. The van der Waals surface area contributed by atoms with E-state index in [2.05, 4.69) is 48.4 Å². The summed E-state index contributed by atoms with van der Waals surface area (Å²) < 4.78 is 0. The Morgan fingerprint density at radius 3 is 2.83 bits per heavy atom. The second-order valence-electron chi connectivity index (χ2n) is 8.74. The maximum atomic E-state index is 11.8. The molecule has 1 unspecified atom stereocenters. The van der Waals surface area contributed by atoms with E-state index in [4.69, 9.17) is 10.7 Å². The first-order valence-corrected chi connectivity index (χ1v) is 11.6. The van der Waals surface area contributed by atoms with Crippen molar-refractivity contribution in [1.82, 2.24) is 24.9 Å². The quantitative estimate of drug-likeness (QED) is 0.359. The predicted octanol–water partition coefficient (Wildman–Crippen LogP) is 4.01. The SMILES string of the molecule is NC(=O)C1CCCN(c2nc(Nc3ccc4nccc(-c5ccccc5)c4c3)nc3[nH]cnc23)C1. The van der Waals surface area contributed by atoms with Crippen LogP contribution in [-0.4, -0.2) is 43.9 Å². The van der Waals surface area contributed by atoms with Crippen molar-refractivity contribution in [2.45, 2.75) is 12.8 Å². The van der Waals surface area contributed by atoms with Crippen molar-refractivity contribution < 1.29 is 4.79 Å². The Labute approximate surface area is 201 Å². The summed E-state index contributed by atoms with van der Waals surface area (Å²) in [6.07, 6.45) is 5.10. The number of carbonyl (C=O) groups is 1. The Kier molecular flexibility index (Phi) is 5.21. The van der Waals surface area contributed by atoms with Gasteiger partial charge in [-0.05, 0) is 48.2 Å². The Bertz CT molecular complexity index is 1530. The van der Waals surface area contributed by atoms with Gasteiger partial charge in [0.05, 0.1) is 17.8 Å². The van der Waals surface area contributed by atoms with Gasteiger partial charge in [0.25, 0.3) is 0 Å². The number of primary amides is 1. The zero-order chi connectivity index (χ0) is 23.8. The van der Waals surface area contributed by atoms with Crippen LogP contribution < -0.4 is 16.0 Å². The summed E-state index contributed by atoms with van der Waals surface area (Å²) in [5.41, 5.74) is 10.9. The van der Waals surface area contributed by atoms with Gasteiger partial charge in [-0.15, -0.1) is 0 Å². The highest BCUT2D eigenvalue weighted by Crippen LogP contribution is 2.31. The van der Waals surface area contributed by atoms with Crippen LogP contribution in [0.5, 0.6) is 0 Å². The van der Waals surface area contributed by atoms with E-state index in [-0.39, 0.29) is 11.8 Å². The van der Waals surface area contributed by atoms with E-state index < -0.39 is 0 Å². The zero-order valence-electron chi connectivity index (χ0n) is 19.0. The van der Waals surface area contributed by atoms with Gasteiger partial charge in [-0.25, -0.2) is 4.98 Å². The fourth-order valence-corrected chi connectivity index (χ4v) is 4.72. The van der Waals surface area contributed by atoms with Crippen LogP contribution in [-0.2, 0) is 4.79 Å². The summed E-state index contributed by atoms with van der Waals surface area (Å²) in [7, 11) is 0. The monoisotopic (exact) mass is 464 g/mol. The first kappa shape index (κ1) is 21.0. The van der Waals surface area contributed by atoms with Gasteiger partial charge in [-0.1, -0.05) is 30.3 Å². The van der Waals surface area contributed by atoms with Gasteiger partial charge in [-0.2, -0.15) is 9.97 Å². The predicted molar refractivity (Wildman–Crippen MR) is 136 cm³/mol. The number of aromatic nitrogens is 5. The average Bonchev–Trinajstić information content (AvgIpc) is 3.37. The van der Waals surface area contributed by atoms with Crippen LogP contribution in [0.1, 0.15) is 12.8 Å². The second kappa shape index (κ2) is 8.68. The molecule has 9 heteroatoms. The van der Waals surface area contributed by atoms with Gasteiger partial charge in [0.15, 0.2) is 17.0 Å². The van der Waals surface area contributed by atoms with E-state index in [1.807, 2.05) is 42.6 Å². The highest BCUT2D eigenvalue weighted by atomic mass is 16.1. The van der Waals surface area contributed by atoms with Crippen LogP contribution in [0.4, 0.5) is 17.5 Å². The van der Waals surface area contributed by atoms with Crippen LogP contribution >= 0.6 is 0 Å². The number of hydrogen-bond acceptors (Lipinski definition) is 7. The lowest BCUT2D eigenvalue weighted by Gasteiger charge is -2.32. The molecule has 174 valence electrons. The summed E-state index contributed by atoms with van der Waals surface area (Å²) in [5.74, 6) is 0.660. The molecule has 1 saturated heterocycles. The van der Waals surface area contributed by atoms with Crippen LogP contribution in [0.25, 0.3) is 33.2 Å². The van der Waals surface area contributed by atoms with Gasteiger partial charge in [0, 0.05) is 30.4 Å². The van der Waals surface area contributed by atoms with Crippen molar-refractivity contribution in [3.63, 3.8) is 0 Å². The molecule has 0 spiro atoms. The van der Waals surface area contributed by atoms with E-state index in [9.17, 15) is 4.79 Å². The van der Waals surface area contributed by atoms with Crippen LogP contribution in [0.15, 0.2) is 67.1 Å². The Morgan fingerprint density at radius 1 is 1.09 bits per heavy atom. The third-order valence-corrected chi connectivity index (χ3v) is 6.47. The number of imidazole rings is 1. The molecule has 1 fully saturated rings. The Morgan fingerprint density at radius 2 is 1.97 bits per heavy atom. The highest BCUT2D eigenvalue weighted by molar-refractivity contribution is 5.96. The molecule has 3 aromatic heterocycles. The topological polar surface area (TPSA) is 126 Å². The van der Waals surface area contributed by atoms with Gasteiger partial charge < -0.3 is 20.9 Å². The maximum absolute atomic E-state index is 11.8. The fraction of sp³-hybridized carbons (Fsp3) is 0.192. The van der Waals surface area contributed by atoms with Crippen molar-refractivity contribution in [1.29, 1.82) is 0 Å². The molecule has 2 aromatic carbocycles. The first-order chi connectivity index (χ1) is 17.2. The normalized spacial score (nSPS) is 16.0. The lowest BCUT2D eigenvalue weighted by Crippen LogP contribution is -2.41. The molecule has 0 bridgehead atoms. The van der Waals surface area contributed by atoms with E-state index in [1.165, 1.54) is 0 Å². The number of nitrogens with zero attached hydrogens (tertiary/aromatic N) is 5. The third-order valence-electron chi connectivity index (χ3n) is 6.47. The number of nitrogens with two attached hydrogens (primary N) is 1. The van der Waals surface area contributed by atoms with E-state index in [1.54, 1.807) is 6.33 Å². The fourth-order valence-electron chi connectivity index (χ4n) is 4.72.